The number of rotatable bonds is 5. The number of nitrogens with one attached hydrogen (secondary N) is 1. The predicted octanol–water partition coefficient (Wildman–Crippen LogP) is 2.16. The van der Waals surface area contributed by atoms with Gasteiger partial charge in [-0.05, 0) is 32.6 Å². The predicted molar refractivity (Wildman–Crippen MR) is 73.8 cm³/mol. The second kappa shape index (κ2) is 8.02. The molecule has 1 fully saturated rings. The summed E-state index contributed by atoms with van der Waals surface area (Å²) in [6.07, 6.45) is 3.21. The Morgan fingerprint density at radius 2 is 2.00 bits per heavy atom. The van der Waals surface area contributed by atoms with Crippen LogP contribution in [0.4, 0.5) is 4.79 Å². The molecule has 19 heavy (non-hydrogen) atoms. The molecule has 1 heterocycles. The Hall–Kier alpha value is -1.26. The highest BCUT2D eigenvalue weighted by molar-refractivity contribution is 5.79. The number of carbonyl (C=O) groups is 2. The molecule has 0 radical (unpaired) electrons. The zero-order chi connectivity index (χ0) is 14.3. The molecule has 110 valence electrons. The maximum absolute atomic E-state index is 12.3. The quantitative estimate of drug-likeness (QED) is 0.833. The first-order chi connectivity index (χ1) is 9.12. The number of alkyl carbamates (subject to hydrolysis) is 1. The van der Waals surface area contributed by atoms with E-state index in [-0.39, 0.29) is 24.0 Å². The molecule has 1 atom stereocenters. The fourth-order valence-electron chi connectivity index (χ4n) is 2.53. The molecule has 0 bridgehead atoms. The van der Waals surface area contributed by atoms with Crippen molar-refractivity contribution < 1.29 is 14.3 Å². The number of piperidine rings is 1. The van der Waals surface area contributed by atoms with Crippen molar-refractivity contribution in [2.75, 3.05) is 19.7 Å². The lowest BCUT2D eigenvalue weighted by Crippen LogP contribution is -2.51. The van der Waals surface area contributed by atoms with E-state index in [1.807, 2.05) is 18.7 Å². The van der Waals surface area contributed by atoms with Crippen LogP contribution in [0.1, 0.15) is 46.5 Å². The molecule has 1 rings (SSSR count). The van der Waals surface area contributed by atoms with Gasteiger partial charge in [0.25, 0.3) is 0 Å². The van der Waals surface area contributed by atoms with Crippen LogP contribution in [0.25, 0.3) is 0 Å². The lowest BCUT2D eigenvalue weighted by Gasteiger charge is -2.34. The highest BCUT2D eigenvalue weighted by Crippen LogP contribution is 2.17. The molecule has 0 spiro atoms. The molecule has 0 aromatic rings. The lowest BCUT2D eigenvalue weighted by atomic mass is 9.98. The molecule has 0 aromatic carbocycles. The minimum atomic E-state index is -0.385. The minimum Gasteiger partial charge on any atom is -0.450 e. The molecule has 5 heteroatoms. The van der Waals surface area contributed by atoms with Crippen LogP contribution in [-0.4, -0.2) is 42.6 Å². The number of nitrogens with zero attached hydrogens (tertiary/aromatic N) is 1. The van der Waals surface area contributed by atoms with E-state index in [0.717, 1.165) is 32.2 Å². The van der Waals surface area contributed by atoms with Gasteiger partial charge in [-0.15, -0.1) is 0 Å². The summed E-state index contributed by atoms with van der Waals surface area (Å²) < 4.78 is 4.88. The van der Waals surface area contributed by atoms with Crippen LogP contribution in [-0.2, 0) is 9.53 Å². The van der Waals surface area contributed by atoms with E-state index in [1.165, 1.54) is 0 Å². The van der Waals surface area contributed by atoms with Gasteiger partial charge in [-0.1, -0.05) is 13.8 Å². The molecule has 0 aliphatic carbocycles. The van der Waals surface area contributed by atoms with Crippen LogP contribution in [0, 0.1) is 5.92 Å². The maximum Gasteiger partial charge on any atom is 0.407 e. The molecule has 0 aromatic heterocycles. The third-order valence-corrected chi connectivity index (χ3v) is 3.67. The summed E-state index contributed by atoms with van der Waals surface area (Å²) in [4.78, 5) is 25.6. The number of hydrogen-bond donors (Lipinski definition) is 1. The van der Waals surface area contributed by atoms with Gasteiger partial charge >= 0.3 is 6.09 Å². The summed E-state index contributed by atoms with van der Waals surface area (Å²) >= 11 is 0. The zero-order valence-electron chi connectivity index (χ0n) is 12.3. The number of carbonyl (C=O) groups excluding carboxylic acids is 2. The van der Waals surface area contributed by atoms with E-state index < -0.39 is 0 Å². The number of amides is 2. The van der Waals surface area contributed by atoms with E-state index in [0.29, 0.717) is 13.2 Å². The summed E-state index contributed by atoms with van der Waals surface area (Å²) in [5.74, 6) is 0.335. The second-order valence-corrected chi connectivity index (χ2v) is 5.00. The summed E-state index contributed by atoms with van der Waals surface area (Å²) in [6.45, 7) is 7.65. The average molecular weight is 270 g/mol. The van der Waals surface area contributed by atoms with Gasteiger partial charge in [-0.25, -0.2) is 4.79 Å². The van der Waals surface area contributed by atoms with Crippen molar-refractivity contribution in [3.05, 3.63) is 0 Å². The topological polar surface area (TPSA) is 58.6 Å². The van der Waals surface area contributed by atoms with Gasteiger partial charge in [0.15, 0.2) is 0 Å². The number of hydrogen-bond acceptors (Lipinski definition) is 3. The fraction of sp³-hybridized carbons (Fsp3) is 0.857. The summed E-state index contributed by atoms with van der Waals surface area (Å²) in [5, 5.41) is 2.82. The summed E-state index contributed by atoms with van der Waals surface area (Å²) in [7, 11) is 0. The first kappa shape index (κ1) is 15.8. The van der Waals surface area contributed by atoms with E-state index in [9.17, 15) is 9.59 Å². The van der Waals surface area contributed by atoms with E-state index >= 15 is 0 Å². The highest BCUT2D eigenvalue weighted by atomic mass is 16.5. The lowest BCUT2D eigenvalue weighted by molar-refractivity contribution is -0.137. The summed E-state index contributed by atoms with van der Waals surface area (Å²) in [5.41, 5.74) is 0. The van der Waals surface area contributed by atoms with E-state index in [1.54, 1.807) is 6.92 Å². The van der Waals surface area contributed by atoms with Crippen molar-refractivity contribution in [1.82, 2.24) is 10.2 Å². The smallest absolute Gasteiger partial charge is 0.407 e. The molecule has 5 nitrogen and oxygen atoms in total. The molecule has 1 N–H and O–H groups in total. The van der Waals surface area contributed by atoms with Crippen LogP contribution in [0.15, 0.2) is 0 Å². The largest absolute Gasteiger partial charge is 0.450 e. The second-order valence-electron chi connectivity index (χ2n) is 5.00. The SMILES string of the molecule is CCOC(=O)NC1CCCN(C(=O)C(CC)CC)C1. The fourth-order valence-corrected chi connectivity index (χ4v) is 2.53. The Labute approximate surface area is 115 Å². The Bertz CT molecular complexity index is 303. The number of likely N-dealkylation sites (tertiary alicyclic amines) is 1. The van der Waals surface area contributed by atoms with Gasteiger partial charge in [0.05, 0.1) is 6.61 Å². The van der Waals surface area contributed by atoms with Crippen molar-refractivity contribution in [3.63, 3.8) is 0 Å². The van der Waals surface area contributed by atoms with Crippen molar-refractivity contribution in [1.29, 1.82) is 0 Å². The first-order valence-electron chi connectivity index (χ1n) is 7.34. The molecule has 1 aliphatic heterocycles. The Morgan fingerprint density at radius 3 is 2.58 bits per heavy atom. The van der Waals surface area contributed by atoms with Crippen LogP contribution < -0.4 is 5.32 Å². The first-order valence-corrected chi connectivity index (χ1v) is 7.34. The maximum atomic E-state index is 12.3. The van der Waals surface area contributed by atoms with Gasteiger partial charge < -0.3 is 15.0 Å². The van der Waals surface area contributed by atoms with Gasteiger partial charge in [0.2, 0.25) is 5.91 Å². The Morgan fingerprint density at radius 1 is 1.32 bits per heavy atom. The van der Waals surface area contributed by atoms with Crippen molar-refractivity contribution in [2.45, 2.75) is 52.5 Å². The molecule has 0 saturated carbocycles. The van der Waals surface area contributed by atoms with E-state index in [2.05, 4.69) is 5.32 Å². The van der Waals surface area contributed by atoms with Crippen LogP contribution in [0.5, 0.6) is 0 Å². The van der Waals surface area contributed by atoms with Crippen LogP contribution >= 0.6 is 0 Å². The number of ether oxygens (including phenoxy) is 1. The Kier molecular flexibility index (Phi) is 6.67. The molecule has 1 unspecified atom stereocenters. The molecule has 1 aliphatic rings. The molecule has 1 saturated heterocycles. The van der Waals surface area contributed by atoms with E-state index in [4.69, 9.17) is 4.74 Å². The highest BCUT2D eigenvalue weighted by Gasteiger charge is 2.28. The standard InChI is InChI=1S/C14H26N2O3/c1-4-11(5-2)13(17)16-9-7-8-12(10-16)15-14(18)19-6-3/h11-12H,4-10H2,1-3H3,(H,15,18). The van der Waals surface area contributed by atoms with Crippen LogP contribution in [0.3, 0.4) is 0 Å². The summed E-state index contributed by atoms with van der Waals surface area (Å²) in [6, 6.07) is 0.0195. The van der Waals surface area contributed by atoms with Gasteiger partial charge in [-0.3, -0.25) is 4.79 Å². The zero-order valence-corrected chi connectivity index (χ0v) is 12.3. The molecule has 2 amide bonds. The Balaban J connectivity index is 2.49. The normalized spacial score (nSPS) is 19.4. The monoisotopic (exact) mass is 270 g/mol. The van der Waals surface area contributed by atoms with Crippen molar-refractivity contribution in [2.24, 2.45) is 5.92 Å². The van der Waals surface area contributed by atoms with Gasteiger partial charge in [0.1, 0.15) is 0 Å². The van der Waals surface area contributed by atoms with Crippen molar-refractivity contribution in [3.8, 4) is 0 Å². The van der Waals surface area contributed by atoms with Gasteiger partial charge in [-0.2, -0.15) is 0 Å². The van der Waals surface area contributed by atoms with Crippen molar-refractivity contribution >= 4 is 12.0 Å². The van der Waals surface area contributed by atoms with Gasteiger partial charge in [0, 0.05) is 25.0 Å². The molecular weight excluding hydrogens is 244 g/mol. The third kappa shape index (κ3) is 4.73. The molecular formula is C14H26N2O3. The third-order valence-electron chi connectivity index (χ3n) is 3.67. The minimum absolute atomic E-state index is 0.0195. The van der Waals surface area contributed by atoms with Crippen LogP contribution in [0.2, 0.25) is 0 Å². The average Bonchev–Trinajstić information content (AvgIpc) is 2.40.